The Balaban J connectivity index is 2.48. The second-order valence-corrected chi connectivity index (χ2v) is 3.37. The Hall–Kier alpha value is -1.14. The summed E-state index contributed by atoms with van der Waals surface area (Å²) in [6, 6.07) is 0. The largest absolute Gasteiger partial charge is 0.350 e. The van der Waals surface area contributed by atoms with Crippen molar-refractivity contribution < 1.29 is 0 Å². The maximum absolute atomic E-state index is 5.21. The van der Waals surface area contributed by atoms with Gasteiger partial charge < -0.3 is 5.32 Å². The molecule has 1 aromatic heterocycles. The molecule has 72 valence electrons. The molecule has 1 rings (SSSR count). The van der Waals surface area contributed by atoms with Crippen LogP contribution in [0.15, 0.2) is 10.5 Å². The molecule has 0 aromatic carbocycles. The molecule has 0 aliphatic carbocycles. The summed E-state index contributed by atoms with van der Waals surface area (Å²) in [4.78, 5) is 9.21. The van der Waals surface area contributed by atoms with Crippen molar-refractivity contribution in [3.8, 4) is 0 Å². The Morgan fingerprint density at radius 1 is 1.77 bits per heavy atom. The molecule has 0 saturated carbocycles. The lowest BCUT2D eigenvalue weighted by Crippen LogP contribution is -2.40. The Morgan fingerprint density at radius 2 is 2.54 bits per heavy atom. The number of guanidine groups is 1. The van der Waals surface area contributed by atoms with E-state index < -0.39 is 0 Å². The van der Waals surface area contributed by atoms with E-state index in [4.69, 9.17) is 5.84 Å². The molecular weight excluding hydrogens is 186 g/mol. The number of nitrogens with one attached hydrogen (secondary N) is 2. The lowest BCUT2D eigenvalue weighted by atomic mass is 10.4. The number of hydrazine groups is 1. The average Bonchev–Trinajstić information content (AvgIpc) is 2.54. The van der Waals surface area contributed by atoms with Crippen LogP contribution in [-0.4, -0.2) is 18.0 Å². The predicted molar refractivity (Wildman–Crippen MR) is 54.4 cm³/mol. The third kappa shape index (κ3) is 2.67. The van der Waals surface area contributed by atoms with Crippen LogP contribution in [0, 0.1) is 6.92 Å². The molecule has 0 saturated heterocycles. The molecule has 0 fully saturated rings. The number of hydrogen-bond acceptors (Lipinski definition) is 4. The highest BCUT2D eigenvalue weighted by molar-refractivity contribution is 7.09. The second kappa shape index (κ2) is 4.78. The maximum Gasteiger partial charge on any atom is 0.205 e. The highest BCUT2D eigenvalue weighted by Gasteiger charge is 2.01. The molecule has 0 bridgehead atoms. The highest BCUT2D eigenvalue weighted by Crippen LogP contribution is 2.10. The van der Waals surface area contributed by atoms with Gasteiger partial charge in [0.25, 0.3) is 0 Å². The Bertz CT molecular complexity index is 293. The minimum absolute atomic E-state index is 0.577. The van der Waals surface area contributed by atoms with Gasteiger partial charge in [0.05, 0.1) is 17.7 Å². The molecule has 0 atom stereocenters. The molecule has 0 amide bonds. The number of nitrogens with zero attached hydrogens (tertiary/aromatic N) is 2. The number of rotatable bonds is 2. The van der Waals surface area contributed by atoms with Crippen LogP contribution in [0.1, 0.15) is 10.6 Å². The van der Waals surface area contributed by atoms with Crippen LogP contribution in [-0.2, 0) is 6.54 Å². The van der Waals surface area contributed by atoms with Gasteiger partial charge in [-0.05, 0) is 6.92 Å². The first-order valence-corrected chi connectivity index (χ1v) is 4.72. The second-order valence-electron chi connectivity index (χ2n) is 2.43. The fourth-order valence-electron chi connectivity index (χ4n) is 0.855. The van der Waals surface area contributed by atoms with Crippen molar-refractivity contribution in [2.24, 2.45) is 10.8 Å². The summed E-state index contributed by atoms with van der Waals surface area (Å²) in [6.07, 6.45) is 0. The number of nitrogens with two attached hydrogens (primary N) is 1. The summed E-state index contributed by atoms with van der Waals surface area (Å²) in [5.41, 5.74) is 5.33. The molecule has 0 radical (unpaired) electrons. The molecule has 0 aliphatic rings. The van der Waals surface area contributed by atoms with Gasteiger partial charge in [-0.3, -0.25) is 10.4 Å². The fourth-order valence-corrected chi connectivity index (χ4v) is 1.57. The quantitative estimate of drug-likeness (QED) is 0.271. The minimum Gasteiger partial charge on any atom is -0.350 e. The molecule has 0 aliphatic heterocycles. The van der Waals surface area contributed by atoms with Gasteiger partial charge in [0.15, 0.2) is 0 Å². The highest BCUT2D eigenvalue weighted by atomic mass is 32.1. The van der Waals surface area contributed by atoms with E-state index in [0.29, 0.717) is 12.5 Å². The first-order chi connectivity index (χ1) is 6.27. The first-order valence-electron chi connectivity index (χ1n) is 3.84. The predicted octanol–water partition coefficient (Wildman–Crippen LogP) is -0.00978. The van der Waals surface area contributed by atoms with E-state index in [2.05, 4.69) is 20.7 Å². The van der Waals surface area contributed by atoms with E-state index in [9.17, 15) is 0 Å². The molecule has 0 spiro atoms. The van der Waals surface area contributed by atoms with Gasteiger partial charge in [0.1, 0.15) is 0 Å². The SMILES string of the molecule is CN=C(NN)NCc1scnc1C. The molecule has 5 nitrogen and oxygen atoms in total. The molecular formula is C7H13N5S. The van der Waals surface area contributed by atoms with Crippen LogP contribution in [0.5, 0.6) is 0 Å². The molecule has 4 N–H and O–H groups in total. The van der Waals surface area contributed by atoms with Crippen molar-refractivity contribution in [1.82, 2.24) is 15.7 Å². The summed E-state index contributed by atoms with van der Waals surface area (Å²) >= 11 is 1.62. The van der Waals surface area contributed by atoms with Crippen molar-refractivity contribution in [3.05, 3.63) is 16.1 Å². The van der Waals surface area contributed by atoms with Crippen LogP contribution in [0.4, 0.5) is 0 Å². The lowest BCUT2D eigenvalue weighted by molar-refractivity contribution is 0.843. The van der Waals surface area contributed by atoms with Crippen LogP contribution in [0.2, 0.25) is 0 Å². The maximum atomic E-state index is 5.21. The van der Waals surface area contributed by atoms with E-state index in [-0.39, 0.29) is 0 Å². The number of hydrogen-bond donors (Lipinski definition) is 3. The molecule has 1 heterocycles. The van der Waals surface area contributed by atoms with Crippen molar-refractivity contribution in [3.63, 3.8) is 0 Å². The van der Waals surface area contributed by atoms with Crippen LogP contribution >= 0.6 is 11.3 Å². The standard InChI is InChI=1S/C7H13N5S/c1-5-6(13-4-11-5)3-10-7(9-2)12-8/h4H,3,8H2,1-2H3,(H2,9,10,12). The molecule has 0 unspecified atom stereocenters. The number of thiazole rings is 1. The van der Waals surface area contributed by atoms with Gasteiger partial charge in [-0.25, -0.2) is 10.8 Å². The smallest absolute Gasteiger partial charge is 0.205 e. The van der Waals surface area contributed by atoms with E-state index in [1.165, 1.54) is 4.88 Å². The fraction of sp³-hybridized carbons (Fsp3) is 0.429. The van der Waals surface area contributed by atoms with E-state index in [1.807, 2.05) is 12.4 Å². The number of aromatic nitrogens is 1. The zero-order valence-corrected chi connectivity index (χ0v) is 8.48. The summed E-state index contributed by atoms with van der Waals surface area (Å²) in [5.74, 6) is 5.78. The van der Waals surface area contributed by atoms with Crippen molar-refractivity contribution in [2.45, 2.75) is 13.5 Å². The third-order valence-electron chi connectivity index (χ3n) is 1.62. The topological polar surface area (TPSA) is 75.3 Å². The summed E-state index contributed by atoms with van der Waals surface area (Å²) in [6.45, 7) is 2.68. The zero-order chi connectivity index (χ0) is 9.68. The first kappa shape index (κ1) is 9.94. The Labute approximate surface area is 81.1 Å². The van der Waals surface area contributed by atoms with E-state index >= 15 is 0 Å². The van der Waals surface area contributed by atoms with Gasteiger partial charge in [-0.15, -0.1) is 11.3 Å². The normalized spacial score (nSPS) is 11.5. The lowest BCUT2D eigenvalue weighted by Gasteiger charge is -2.06. The number of aliphatic imine (C=N–C) groups is 1. The van der Waals surface area contributed by atoms with Crippen molar-refractivity contribution in [1.29, 1.82) is 0 Å². The third-order valence-corrected chi connectivity index (χ3v) is 2.56. The molecule has 6 heteroatoms. The van der Waals surface area contributed by atoms with Crippen LogP contribution in [0.25, 0.3) is 0 Å². The van der Waals surface area contributed by atoms with Crippen LogP contribution < -0.4 is 16.6 Å². The van der Waals surface area contributed by atoms with Gasteiger partial charge in [0, 0.05) is 11.9 Å². The monoisotopic (exact) mass is 199 g/mol. The van der Waals surface area contributed by atoms with Gasteiger partial charge in [-0.2, -0.15) is 0 Å². The molecule has 13 heavy (non-hydrogen) atoms. The van der Waals surface area contributed by atoms with E-state index in [1.54, 1.807) is 18.4 Å². The Morgan fingerprint density at radius 3 is 3.00 bits per heavy atom. The minimum atomic E-state index is 0.577. The summed E-state index contributed by atoms with van der Waals surface area (Å²) in [7, 11) is 1.67. The zero-order valence-electron chi connectivity index (χ0n) is 7.66. The number of aryl methyl sites for hydroxylation is 1. The average molecular weight is 199 g/mol. The van der Waals surface area contributed by atoms with Gasteiger partial charge in [-0.1, -0.05) is 0 Å². The van der Waals surface area contributed by atoms with Gasteiger partial charge >= 0.3 is 0 Å². The summed E-state index contributed by atoms with van der Waals surface area (Å²) < 4.78 is 0. The Kier molecular flexibility index (Phi) is 3.66. The molecule has 1 aromatic rings. The summed E-state index contributed by atoms with van der Waals surface area (Å²) in [5, 5.41) is 3.05. The van der Waals surface area contributed by atoms with Crippen molar-refractivity contribution in [2.75, 3.05) is 7.05 Å². The van der Waals surface area contributed by atoms with E-state index in [0.717, 1.165) is 5.69 Å². The van der Waals surface area contributed by atoms with Crippen molar-refractivity contribution >= 4 is 17.3 Å². The van der Waals surface area contributed by atoms with Gasteiger partial charge in [0.2, 0.25) is 5.96 Å². The van der Waals surface area contributed by atoms with Crippen LogP contribution in [0.3, 0.4) is 0 Å².